The molecule has 0 aromatic rings. The minimum atomic E-state index is -0.649. The fraction of sp³-hybridized carbons (Fsp3) is 0.846. The topological polar surface area (TPSA) is 47.3 Å². The van der Waals surface area contributed by atoms with E-state index in [4.69, 9.17) is 5.26 Å². The number of carbonyl (C=O) groups excluding carboxylic acids is 1. The van der Waals surface area contributed by atoms with Crippen LogP contribution in [0.25, 0.3) is 0 Å². The van der Waals surface area contributed by atoms with Crippen molar-refractivity contribution in [2.75, 3.05) is 26.2 Å². The molecule has 1 saturated heterocycles. The van der Waals surface area contributed by atoms with E-state index >= 15 is 0 Å². The van der Waals surface area contributed by atoms with Gasteiger partial charge >= 0.3 is 0 Å². The van der Waals surface area contributed by atoms with Crippen LogP contribution in [0.1, 0.15) is 33.6 Å². The van der Waals surface area contributed by atoms with Crippen molar-refractivity contribution in [3.05, 3.63) is 0 Å². The molecule has 1 saturated carbocycles. The Morgan fingerprint density at radius 1 is 1.18 bits per heavy atom. The van der Waals surface area contributed by atoms with Crippen molar-refractivity contribution in [3.63, 3.8) is 0 Å². The Bertz CT molecular complexity index is 352. The van der Waals surface area contributed by atoms with Crippen LogP contribution < -0.4 is 0 Å². The number of nitriles is 1. The second kappa shape index (κ2) is 3.99. The molecule has 0 aromatic carbocycles. The summed E-state index contributed by atoms with van der Waals surface area (Å²) in [6.45, 7) is 9.94. The average Bonchev–Trinajstić information content (AvgIpc) is 3.08. The SMILES string of the molecule is CC(C)(C)N1CCN(C(=O)C2(C#N)CC2)CC1. The smallest absolute Gasteiger partial charge is 0.243 e. The number of piperazine rings is 1. The first kappa shape index (κ1) is 12.4. The number of hydrogen-bond donors (Lipinski definition) is 0. The van der Waals surface area contributed by atoms with Crippen molar-refractivity contribution in [3.8, 4) is 6.07 Å². The lowest BCUT2D eigenvalue weighted by Gasteiger charge is -2.42. The summed E-state index contributed by atoms with van der Waals surface area (Å²) < 4.78 is 0. The third-order valence-electron chi connectivity index (χ3n) is 3.89. The molecule has 94 valence electrons. The summed E-state index contributed by atoms with van der Waals surface area (Å²) in [5, 5.41) is 9.03. The molecule has 0 aromatic heterocycles. The zero-order valence-corrected chi connectivity index (χ0v) is 11.0. The van der Waals surface area contributed by atoms with Gasteiger partial charge in [-0.25, -0.2) is 0 Å². The summed E-state index contributed by atoms with van der Waals surface area (Å²) >= 11 is 0. The minimum Gasteiger partial charge on any atom is -0.339 e. The first-order valence-corrected chi connectivity index (χ1v) is 6.35. The Morgan fingerprint density at radius 3 is 2.06 bits per heavy atom. The molecule has 1 aliphatic carbocycles. The van der Waals surface area contributed by atoms with E-state index in [0.717, 1.165) is 39.0 Å². The Hall–Kier alpha value is -1.08. The molecule has 0 bridgehead atoms. The number of amides is 1. The van der Waals surface area contributed by atoms with E-state index in [9.17, 15) is 4.79 Å². The number of rotatable bonds is 1. The molecule has 0 unspecified atom stereocenters. The lowest BCUT2D eigenvalue weighted by molar-refractivity contribution is -0.137. The minimum absolute atomic E-state index is 0.0635. The third kappa shape index (κ3) is 2.30. The maximum Gasteiger partial charge on any atom is 0.243 e. The number of carbonyl (C=O) groups is 1. The average molecular weight is 235 g/mol. The van der Waals surface area contributed by atoms with Crippen LogP contribution in [-0.4, -0.2) is 47.4 Å². The van der Waals surface area contributed by atoms with E-state index in [-0.39, 0.29) is 11.4 Å². The van der Waals surface area contributed by atoms with Crippen molar-refractivity contribution in [1.29, 1.82) is 5.26 Å². The highest BCUT2D eigenvalue weighted by Crippen LogP contribution is 2.46. The van der Waals surface area contributed by atoms with Gasteiger partial charge in [0.25, 0.3) is 0 Å². The van der Waals surface area contributed by atoms with Gasteiger partial charge in [-0.1, -0.05) is 0 Å². The van der Waals surface area contributed by atoms with E-state index in [1.165, 1.54) is 0 Å². The van der Waals surface area contributed by atoms with Crippen LogP contribution in [0.5, 0.6) is 0 Å². The molecule has 1 aliphatic heterocycles. The lowest BCUT2D eigenvalue weighted by atomic mass is 10.0. The summed E-state index contributed by atoms with van der Waals surface area (Å²) in [5.41, 5.74) is -0.481. The summed E-state index contributed by atoms with van der Waals surface area (Å²) in [6.07, 6.45) is 1.50. The van der Waals surface area contributed by atoms with Gasteiger partial charge in [0.05, 0.1) is 6.07 Å². The quantitative estimate of drug-likeness (QED) is 0.687. The molecular formula is C13H21N3O. The van der Waals surface area contributed by atoms with E-state index < -0.39 is 5.41 Å². The predicted octanol–water partition coefficient (Wildman–Crippen LogP) is 1.23. The van der Waals surface area contributed by atoms with Gasteiger partial charge in [0.15, 0.2) is 0 Å². The molecule has 4 nitrogen and oxygen atoms in total. The van der Waals surface area contributed by atoms with Gasteiger partial charge in [-0.3, -0.25) is 9.69 Å². The van der Waals surface area contributed by atoms with Gasteiger partial charge in [-0.05, 0) is 33.6 Å². The molecular weight excluding hydrogens is 214 g/mol. The molecule has 0 spiro atoms. The van der Waals surface area contributed by atoms with Crippen LogP contribution in [0, 0.1) is 16.7 Å². The fourth-order valence-electron chi connectivity index (χ4n) is 2.38. The van der Waals surface area contributed by atoms with E-state index in [2.05, 4.69) is 31.7 Å². The van der Waals surface area contributed by atoms with Gasteiger partial charge in [0.2, 0.25) is 5.91 Å². The molecule has 2 aliphatic rings. The number of hydrogen-bond acceptors (Lipinski definition) is 3. The molecule has 0 radical (unpaired) electrons. The highest BCUT2D eigenvalue weighted by Gasteiger charge is 2.52. The molecule has 2 fully saturated rings. The first-order valence-electron chi connectivity index (χ1n) is 6.35. The summed E-state index contributed by atoms with van der Waals surface area (Å²) in [4.78, 5) is 16.4. The Kier molecular flexibility index (Phi) is 2.90. The summed E-state index contributed by atoms with van der Waals surface area (Å²) in [7, 11) is 0. The Balaban J connectivity index is 1.92. The van der Waals surface area contributed by atoms with Crippen molar-refractivity contribution < 1.29 is 4.79 Å². The van der Waals surface area contributed by atoms with Gasteiger partial charge < -0.3 is 4.90 Å². The van der Waals surface area contributed by atoms with Gasteiger partial charge in [0, 0.05) is 31.7 Å². The predicted molar refractivity (Wildman–Crippen MR) is 65.2 cm³/mol. The maximum absolute atomic E-state index is 12.2. The lowest BCUT2D eigenvalue weighted by Crippen LogP contribution is -2.55. The van der Waals surface area contributed by atoms with Crippen LogP contribution >= 0.6 is 0 Å². The monoisotopic (exact) mass is 235 g/mol. The first-order chi connectivity index (χ1) is 7.89. The molecule has 17 heavy (non-hydrogen) atoms. The third-order valence-corrected chi connectivity index (χ3v) is 3.89. The van der Waals surface area contributed by atoms with Gasteiger partial charge in [0.1, 0.15) is 5.41 Å². The zero-order chi connectivity index (χ0) is 12.7. The van der Waals surface area contributed by atoms with E-state index in [0.29, 0.717) is 0 Å². The normalized spacial score (nSPS) is 24.2. The fourth-order valence-corrected chi connectivity index (χ4v) is 2.38. The van der Waals surface area contributed by atoms with Crippen molar-refractivity contribution in [2.24, 2.45) is 5.41 Å². The molecule has 1 heterocycles. The van der Waals surface area contributed by atoms with Crippen LogP contribution in [0.4, 0.5) is 0 Å². The molecule has 2 rings (SSSR count). The largest absolute Gasteiger partial charge is 0.339 e. The van der Waals surface area contributed by atoms with Gasteiger partial charge in [-0.15, -0.1) is 0 Å². The summed E-state index contributed by atoms with van der Waals surface area (Å²) in [5.74, 6) is 0.0635. The van der Waals surface area contributed by atoms with E-state index in [1.54, 1.807) is 0 Å². The zero-order valence-electron chi connectivity index (χ0n) is 11.0. The van der Waals surface area contributed by atoms with Crippen molar-refractivity contribution in [2.45, 2.75) is 39.2 Å². The van der Waals surface area contributed by atoms with Crippen molar-refractivity contribution >= 4 is 5.91 Å². The van der Waals surface area contributed by atoms with Crippen LogP contribution in [0.2, 0.25) is 0 Å². The van der Waals surface area contributed by atoms with Gasteiger partial charge in [-0.2, -0.15) is 5.26 Å². The van der Waals surface area contributed by atoms with Crippen LogP contribution in [0.3, 0.4) is 0 Å². The highest BCUT2D eigenvalue weighted by molar-refractivity contribution is 5.88. The second-order valence-corrected chi connectivity index (χ2v) is 6.14. The van der Waals surface area contributed by atoms with Crippen molar-refractivity contribution in [1.82, 2.24) is 9.80 Å². The maximum atomic E-state index is 12.2. The van der Waals surface area contributed by atoms with E-state index in [1.807, 2.05) is 4.90 Å². The number of nitrogens with zero attached hydrogens (tertiary/aromatic N) is 3. The molecule has 0 atom stereocenters. The molecule has 4 heteroatoms. The highest BCUT2D eigenvalue weighted by atomic mass is 16.2. The van der Waals surface area contributed by atoms with Crippen LogP contribution in [0.15, 0.2) is 0 Å². The second-order valence-electron chi connectivity index (χ2n) is 6.14. The molecule has 0 N–H and O–H groups in total. The van der Waals surface area contributed by atoms with Crippen LogP contribution in [-0.2, 0) is 4.79 Å². The molecule has 1 amide bonds. The Morgan fingerprint density at radius 2 is 1.71 bits per heavy atom. The standard InChI is InChI=1S/C13H21N3O/c1-12(2,3)16-8-6-15(7-9-16)11(17)13(10-14)4-5-13/h4-9H2,1-3H3. The Labute approximate surface area is 103 Å². The summed E-state index contributed by atoms with van der Waals surface area (Å²) in [6, 6.07) is 2.19.